The van der Waals surface area contributed by atoms with E-state index in [2.05, 4.69) is 13.8 Å². The SMILES string of the molecule is COc1ccc(C(C)C)cc1CN(C)C(=O)C(=O)O. The minimum absolute atomic E-state index is 0.203. The van der Waals surface area contributed by atoms with Gasteiger partial charge in [0.25, 0.3) is 0 Å². The van der Waals surface area contributed by atoms with E-state index in [4.69, 9.17) is 9.84 Å². The van der Waals surface area contributed by atoms with Crippen molar-refractivity contribution in [3.05, 3.63) is 29.3 Å². The summed E-state index contributed by atoms with van der Waals surface area (Å²) < 4.78 is 5.24. The summed E-state index contributed by atoms with van der Waals surface area (Å²) in [6.45, 7) is 4.34. The topological polar surface area (TPSA) is 66.8 Å². The largest absolute Gasteiger partial charge is 0.496 e. The van der Waals surface area contributed by atoms with Crippen LogP contribution in [0.1, 0.15) is 30.9 Å². The number of nitrogens with zero attached hydrogens (tertiary/aromatic N) is 1. The van der Waals surface area contributed by atoms with Crippen LogP contribution in [-0.2, 0) is 16.1 Å². The molecule has 104 valence electrons. The Kier molecular flexibility index (Phi) is 4.92. The molecule has 0 aliphatic rings. The number of hydrogen-bond acceptors (Lipinski definition) is 3. The summed E-state index contributed by atoms with van der Waals surface area (Å²) in [6.07, 6.45) is 0. The van der Waals surface area contributed by atoms with Crippen molar-refractivity contribution in [1.82, 2.24) is 4.90 Å². The standard InChI is InChI=1S/C14H19NO4/c1-9(2)10-5-6-12(19-4)11(7-10)8-15(3)13(16)14(17)18/h5-7,9H,8H2,1-4H3,(H,17,18). The number of methoxy groups -OCH3 is 1. The lowest BCUT2D eigenvalue weighted by Crippen LogP contribution is -2.32. The first-order chi connectivity index (χ1) is 8.86. The quantitative estimate of drug-likeness (QED) is 0.844. The van der Waals surface area contributed by atoms with Crippen LogP contribution in [-0.4, -0.2) is 36.0 Å². The minimum atomic E-state index is -1.46. The highest BCUT2D eigenvalue weighted by molar-refractivity contribution is 6.31. The van der Waals surface area contributed by atoms with Crippen LogP contribution in [0.15, 0.2) is 18.2 Å². The predicted molar refractivity (Wildman–Crippen MR) is 71.2 cm³/mol. The summed E-state index contributed by atoms with van der Waals surface area (Å²) in [6, 6.07) is 5.74. The van der Waals surface area contributed by atoms with Crippen LogP contribution in [0.3, 0.4) is 0 Å². The van der Waals surface area contributed by atoms with Gasteiger partial charge in [0, 0.05) is 19.2 Å². The second-order valence-corrected chi connectivity index (χ2v) is 4.69. The molecule has 0 spiro atoms. The third kappa shape index (κ3) is 3.71. The van der Waals surface area contributed by atoms with Gasteiger partial charge in [-0.2, -0.15) is 0 Å². The van der Waals surface area contributed by atoms with E-state index in [0.29, 0.717) is 11.7 Å². The van der Waals surface area contributed by atoms with Crippen molar-refractivity contribution in [2.45, 2.75) is 26.3 Å². The Bertz CT molecular complexity index is 482. The van der Waals surface area contributed by atoms with Crippen LogP contribution in [0.4, 0.5) is 0 Å². The second kappa shape index (κ2) is 6.22. The summed E-state index contributed by atoms with van der Waals surface area (Å²) in [5.41, 5.74) is 1.91. The molecular formula is C14H19NO4. The average Bonchev–Trinajstić information content (AvgIpc) is 2.37. The maximum Gasteiger partial charge on any atom is 0.394 e. The van der Waals surface area contributed by atoms with E-state index in [9.17, 15) is 9.59 Å². The van der Waals surface area contributed by atoms with Crippen LogP contribution >= 0.6 is 0 Å². The summed E-state index contributed by atoms with van der Waals surface area (Å²) in [4.78, 5) is 23.1. The number of carboxylic acids is 1. The van der Waals surface area contributed by atoms with Gasteiger partial charge in [-0.25, -0.2) is 4.79 Å². The number of aliphatic carboxylic acids is 1. The van der Waals surface area contributed by atoms with E-state index in [-0.39, 0.29) is 6.54 Å². The summed E-state index contributed by atoms with van der Waals surface area (Å²) in [5, 5.41) is 8.68. The molecule has 0 unspecified atom stereocenters. The zero-order valence-electron chi connectivity index (χ0n) is 11.6. The van der Waals surface area contributed by atoms with Gasteiger partial charge in [0.1, 0.15) is 5.75 Å². The fraction of sp³-hybridized carbons (Fsp3) is 0.429. The van der Waals surface area contributed by atoms with E-state index in [1.807, 2.05) is 18.2 Å². The van der Waals surface area contributed by atoms with E-state index < -0.39 is 11.9 Å². The molecule has 0 aliphatic carbocycles. The number of carbonyl (C=O) groups is 2. The van der Waals surface area contributed by atoms with Gasteiger partial charge >= 0.3 is 11.9 Å². The molecule has 0 aliphatic heterocycles. The minimum Gasteiger partial charge on any atom is -0.496 e. The first kappa shape index (κ1) is 15.0. The normalized spacial score (nSPS) is 10.4. The fourth-order valence-corrected chi connectivity index (χ4v) is 1.77. The lowest BCUT2D eigenvalue weighted by molar-refractivity contribution is -0.155. The van der Waals surface area contributed by atoms with Gasteiger partial charge in [-0.3, -0.25) is 4.79 Å². The molecule has 0 radical (unpaired) electrons. The van der Waals surface area contributed by atoms with Crippen molar-refractivity contribution in [3.8, 4) is 5.75 Å². The number of rotatable bonds is 4. The molecule has 0 fully saturated rings. The summed E-state index contributed by atoms with van der Waals surface area (Å²) in [7, 11) is 3.00. The van der Waals surface area contributed by atoms with Gasteiger partial charge in [0.05, 0.1) is 7.11 Å². The van der Waals surface area contributed by atoms with Gasteiger partial charge < -0.3 is 14.7 Å². The average molecular weight is 265 g/mol. The Labute approximate surface area is 112 Å². The molecule has 1 aromatic carbocycles. The van der Waals surface area contributed by atoms with Crippen molar-refractivity contribution in [2.75, 3.05) is 14.2 Å². The van der Waals surface area contributed by atoms with Crippen molar-refractivity contribution in [2.24, 2.45) is 0 Å². The molecule has 19 heavy (non-hydrogen) atoms. The lowest BCUT2D eigenvalue weighted by atomic mass is 10.00. The third-order valence-corrected chi connectivity index (χ3v) is 2.91. The molecule has 0 saturated carbocycles. The zero-order valence-corrected chi connectivity index (χ0v) is 11.6. The molecule has 0 heterocycles. The van der Waals surface area contributed by atoms with E-state index in [1.165, 1.54) is 7.05 Å². The van der Waals surface area contributed by atoms with Crippen LogP contribution in [0.5, 0.6) is 5.75 Å². The number of carbonyl (C=O) groups excluding carboxylic acids is 1. The highest BCUT2D eigenvalue weighted by Crippen LogP contribution is 2.25. The zero-order chi connectivity index (χ0) is 14.6. The van der Waals surface area contributed by atoms with Crippen LogP contribution in [0.25, 0.3) is 0 Å². The highest BCUT2D eigenvalue weighted by Gasteiger charge is 2.19. The maximum atomic E-state index is 11.4. The first-order valence-electron chi connectivity index (χ1n) is 6.02. The van der Waals surface area contributed by atoms with E-state index >= 15 is 0 Å². The van der Waals surface area contributed by atoms with E-state index in [0.717, 1.165) is 16.0 Å². The molecule has 0 bridgehead atoms. The molecule has 1 rings (SSSR count). The molecule has 0 saturated heterocycles. The second-order valence-electron chi connectivity index (χ2n) is 4.69. The van der Waals surface area contributed by atoms with Crippen LogP contribution in [0.2, 0.25) is 0 Å². The summed E-state index contributed by atoms with van der Waals surface area (Å²) in [5.74, 6) is -1.39. The van der Waals surface area contributed by atoms with Gasteiger partial charge in [0.15, 0.2) is 0 Å². The maximum absolute atomic E-state index is 11.4. The lowest BCUT2D eigenvalue weighted by Gasteiger charge is -2.18. The molecule has 0 aromatic heterocycles. The monoisotopic (exact) mass is 265 g/mol. The molecule has 1 aromatic rings. The Morgan fingerprint density at radius 2 is 2.00 bits per heavy atom. The van der Waals surface area contributed by atoms with Crippen molar-refractivity contribution in [1.29, 1.82) is 0 Å². The molecule has 5 heteroatoms. The summed E-state index contributed by atoms with van der Waals surface area (Å²) >= 11 is 0. The Morgan fingerprint density at radius 1 is 1.37 bits per heavy atom. The fourth-order valence-electron chi connectivity index (χ4n) is 1.77. The van der Waals surface area contributed by atoms with Gasteiger partial charge in [-0.1, -0.05) is 26.0 Å². The molecular weight excluding hydrogens is 246 g/mol. The molecule has 5 nitrogen and oxygen atoms in total. The van der Waals surface area contributed by atoms with Gasteiger partial charge in [-0.15, -0.1) is 0 Å². The number of benzene rings is 1. The van der Waals surface area contributed by atoms with E-state index in [1.54, 1.807) is 7.11 Å². The highest BCUT2D eigenvalue weighted by atomic mass is 16.5. The number of likely N-dealkylation sites (N-methyl/N-ethyl adjacent to an activating group) is 1. The van der Waals surface area contributed by atoms with Crippen LogP contribution in [0, 0.1) is 0 Å². The van der Waals surface area contributed by atoms with Crippen molar-refractivity contribution >= 4 is 11.9 Å². The number of carboxylic acid groups (broad SMARTS) is 1. The molecule has 0 atom stereocenters. The van der Waals surface area contributed by atoms with Gasteiger partial charge in [-0.05, 0) is 17.5 Å². The Morgan fingerprint density at radius 3 is 2.47 bits per heavy atom. The van der Waals surface area contributed by atoms with Crippen molar-refractivity contribution in [3.63, 3.8) is 0 Å². The third-order valence-electron chi connectivity index (χ3n) is 2.91. The number of ether oxygens (including phenoxy) is 1. The Hall–Kier alpha value is -2.04. The first-order valence-corrected chi connectivity index (χ1v) is 6.02. The van der Waals surface area contributed by atoms with Gasteiger partial charge in [0.2, 0.25) is 0 Å². The number of amides is 1. The van der Waals surface area contributed by atoms with Crippen LogP contribution < -0.4 is 4.74 Å². The predicted octanol–water partition coefficient (Wildman–Crippen LogP) is 1.86. The Balaban J connectivity index is 3.01. The molecule has 1 N–H and O–H groups in total. The van der Waals surface area contributed by atoms with Crippen molar-refractivity contribution < 1.29 is 19.4 Å². The smallest absolute Gasteiger partial charge is 0.394 e. The number of hydrogen-bond donors (Lipinski definition) is 1. The molecule has 1 amide bonds.